The van der Waals surface area contributed by atoms with Crippen molar-refractivity contribution in [3.63, 3.8) is 0 Å². The number of piperazine rings is 1. The van der Waals surface area contributed by atoms with Gasteiger partial charge in [0.15, 0.2) is 0 Å². The molecule has 104 valence electrons. The molecule has 0 amide bonds. The molecule has 1 N–H and O–H groups in total. The highest BCUT2D eigenvalue weighted by Crippen LogP contribution is 2.27. The molecule has 19 heavy (non-hydrogen) atoms. The van der Waals surface area contributed by atoms with Crippen LogP contribution >= 0.6 is 0 Å². The van der Waals surface area contributed by atoms with Crippen LogP contribution in [0.3, 0.4) is 0 Å². The van der Waals surface area contributed by atoms with Crippen molar-refractivity contribution in [2.45, 2.75) is 13.0 Å². The van der Waals surface area contributed by atoms with Crippen LogP contribution < -0.4 is 4.90 Å². The zero-order chi connectivity index (χ0) is 13.8. The summed E-state index contributed by atoms with van der Waals surface area (Å²) in [6.07, 6.45) is 2.52. The molecule has 0 unspecified atom stereocenters. The molecule has 1 fully saturated rings. The van der Waals surface area contributed by atoms with Crippen molar-refractivity contribution in [2.75, 3.05) is 37.6 Å². The van der Waals surface area contributed by atoms with Crippen molar-refractivity contribution >= 4 is 11.4 Å². The molecule has 1 aromatic rings. The number of β-amino-alcohol motifs (C(OH)–C–C–N with tert-alkyl or cyclic N) is 1. The van der Waals surface area contributed by atoms with Crippen molar-refractivity contribution in [1.29, 1.82) is 0 Å². The summed E-state index contributed by atoms with van der Waals surface area (Å²) in [6, 6.07) is 1.68. The Balaban J connectivity index is 2.04. The molecule has 0 radical (unpaired) electrons. The Labute approximate surface area is 111 Å². The number of nitro groups is 1. The minimum atomic E-state index is -0.398. The van der Waals surface area contributed by atoms with E-state index in [1.54, 1.807) is 19.2 Å². The van der Waals surface area contributed by atoms with Gasteiger partial charge in [-0.15, -0.1) is 0 Å². The van der Waals surface area contributed by atoms with Gasteiger partial charge < -0.3 is 10.0 Å². The average Bonchev–Trinajstić information content (AvgIpc) is 2.39. The first-order valence-electron chi connectivity index (χ1n) is 6.31. The van der Waals surface area contributed by atoms with Crippen LogP contribution in [0.4, 0.5) is 11.4 Å². The Morgan fingerprint density at radius 1 is 1.47 bits per heavy atom. The van der Waals surface area contributed by atoms with E-state index in [2.05, 4.69) is 9.88 Å². The fraction of sp³-hybridized carbons (Fsp3) is 0.583. The number of hydrogen-bond acceptors (Lipinski definition) is 6. The maximum atomic E-state index is 11.0. The lowest BCUT2D eigenvalue weighted by Crippen LogP contribution is -2.48. The molecule has 1 saturated heterocycles. The van der Waals surface area contributed by atoms with E-state index >= 15 is 0 Å². The molecule has 2 heterocycles. The summed E-state index contributed by atoms with van der Waals surface area (Å²) in [5.74, 6) is 0. The second kappa shape index (κ2) is 5.94. The molecule has 2 rings (SSSR count). The molecule has 1 aromatic heterocycles. The predicted octanol–water partition coefficient (Wildman–Crippen LogP) is 0.493. The monoisotopic (exact) mass is 266 g/mol. The molecule has 0 aliphatic carbocycles. The molecule has 0 bridgehead atoms. The van der Waals surface area contributed by atoms with Crippen LogP contribution in [0.25, 0.3) is 0 Å². The second-order valence-corrected chi connectivity index (χ2v) is 4.76. The average molecular weight is 266 g/mol. The van der Waals surface area contributed by atoms with E-state index in [1.807, 2.05) is 4.90 Å². The zero-order valence-corrected chi connectivity index (χ0v) is 10.9. The largest absolute Gasteiger partial charge is 0.392 e. The molecule has 0 saturated carbocycles. The van der Waals surface area contributed by atoms with Crippen molar-refractivity contribution in [3.8, 4) is 0 Å². The smallest absolute Gasteiger partial charge is 0.310 e. The molecule has 1 aliphatic heterocycles. The van der Waals surface area contributed by atoms with Gasteiger partial charge in [-0.3, -0.25) is 20.0 Å². The first kappa shape index (κ1) is 13.7. The van der Waals surface area contributed by atoms with Gasteiger partial charge in [0.2, 0.25) is 0 Å². The van der Waals surface area contributed by atoms with Crippen molar-refractivity contribution < 1.29 is 10.0 Å². The van der Waals surface area contributed by atoms with Crippen LogP contribution in [0.2, 0.25) is 0 Å². The van der Waals surface area contributed by atoms with Gasteiger partial charge in [0.05, 0.1) is 11.0 Å². The third kappa shape index (κ3) is 3.39. The fourth-order valence-electron chi connectivity index (χ4n) is 2.33. The van der Waals surface area contributed by atoms with E-state index in [-0.39, 0.29) is 11.8 Å². The number of anilines is 1. The van der Waals surface area contributed by atoms with E-state index in [0.29, 0.717) is 12.2 Å². The molecule has 0 spiro atoms. The highest BCUT2D eigenvalue weighted by molar-refractivity contribution is 5.61. The third-order valence-corrected chi connectivity index (χ3v) is 3.21. The quantitative estimate of drug-likeness (QED) is 0.631. The van der Waals surface area contributed by atoms with Crippen LogP contribution in [0.5, 0.6) is 0 Å². The van der Waals surface area contributed by atoms with Crippen LogP contribution in [-0.4, -0.2) is 58.7 Å². The number of pyridine rings is 1. The number of nitrogens with zero attached hydrogens (tertiary/aromatic N) is 4. The van der Waals surface area contributed by atoms with Crippen LogP contribution in [0.1, 0.15) is 6.92 Å². The van der Waals surface area contributed by atoms with E-state index < -0.39 is 4.92 Å². The highest BCUT2D eigenvalue weighted by atomic mass is 16.6. The summed E-state index contributed by atoms with van der Waals surface area (Å²) in [4.78, 5) is 18.5. The molecular weight excluding hydrogens is 248 g/mol. The third-order valence-electron chi connectivity index (χ3n) is 3.21. The summed E-state index contributed by atoms with van der Waals surface area (Å²) >= 11 is 0. The van der Waals surface area contributed by atoms with E-state index in [1.165, 1.54) is 6.20 Å². The summed E-state index contributed by atoms with van der Waals surface area (Å²) in [5, 5.41) is 20.3. The Morgan fingerprint density at radius 3 is 2.74 bits per heavy atom. The minimum absolute atomic E-state index is 0.0477. The van der Waals surface area contributed by atoms with Gasteiger partial charge in [0.1, 0.15) is 11.9 Å². The maximum absolute atomic E-state index is 11.0. The number of aliphatic hydroxyl groups is 1. The highest BCUT2D eigenvalue weighted by Gasteiger charge is 2.23. The van der Waals surface area contributed by atoms with Gasteiger partial charge in [-0.1, -0.05) is 0 Å². The van der Waals surface area contributed by atoms with E-state index in [9.17, 15) is 15.2 Å². The summed E-state index contributed by atoms with van der Waals surface area (Å²) in [7, 11) is 0. The van der Waals surface area contributed by atoms with E-state index in [4.69, 9.17) is 0 Å². The van der Waals surface area contributed by atoms with Gasteiger partial charge in [-0.2, -0.15) is 0 Å². The second-order valence-electron chi connectivity index (χ2n) is 4.76. The van der Waals surface area contributed by atoms with E-state index in [0.717, 1.165) is 26.2 Å². The normalized spacial score (nSPS) is 18.3. The SMILES string of the molecule is C[C@@H](O)CN1CCN(c2ccncc2[N+](=O)[O-])CC1. The van der Waals surface area contributed by atoms with Crippen molar-refractivity contribution in [1.82, 2.24) is 9.88 Å². The van der Waals surface area contributed by atoms with Gasteiger partial charge >= 0.3 is 5.69 Å². The summed E-state index contributed by atoms with van der Waals surface area (Å²) in [5.41, 5.74) is 0.670. The Hall–Kier alpha value is -1.73. The first-order valence-corrected chi connectivity index (χ1v) is 6.31. The van der Waals surface area contributed by atoms with Crippen LogP contribution in [-0.2, 0) is 0 Å². The van der Waals surface area contributed by atoms with Crippen LogP contribution in [0, 0.1) is 10.1 Å². The lowest BCUT2D eigenvalue weighted by atomic mass is 10.2. The van der Waals surface area contributed by atoms with Gasteiger partial charge in [-0.25, -0.2) is 0 Å². The summed E-state index contributed by atoms with van der Waals surface area (Å²) in [6.45, 7) is 5.44. The zero-order valence-electron chi connectivity index (χ0n) is 10.9. The molecule has 0 aromatic carbocycles. The Kier molecular flexibility index (Phi) is 4.28. The molecule has 1 atom stereocenters. The number of aromatic nitrogens is 1. The topological polar surface area (TPSA) is 82.7 Å². The standard InChI is InChI=1S/C12H18N4O3/c1-10(17)9-14-4-6-15(7-5-14)11-2-3-13-8-12(11)16(18)19/h2-3,8,10,17H,4-7,9H2,1H3/t10-/m1/s1. The van der Waals surface area contributed by atoms with Crippen molar-refractivity contribution in [2.24, 2.45) is 0 Å². The fourth-order valence-corrected chi connectivity index (χ4v) is 2.33. The minimum Gasteiger partial charge on any atom is -0.392 e. The van der Waals surface area contributed by atoms with Gasteiger partial charge in [-0.05, 0) is 13.0 Å². The number of rotatable bonds is 4. The predicted molar refractivity (Wildman–Crippen MR) is 71.2 cm³/mol. The molecule has 7 heteroatoms. The Morgan fingerprint density at radius 2 is 2.16 bits per heavy atom. The van der Waals surface area contributed by atoms with Gasteiger partial charge in [0.25, 0.3) is 0 Å². The van der Waals surface area contributed by atoms with Crippen molar-refractivity contribution in [3.05, 3.63) is 28.6 Å². The molecule has 1 aliphatic rings. The van der Waals surface area contributed by atoms with Crippen LogP contribution in [0.15, 0.2) is 18.5 Å². The molecule has 7 nitrogen and oxygen atoms in total. The van der Waals surface area contributed by atoms with Gasteiger partial charge in [0, 0.05) is 38.9 Å². The Bertz CT molecular complexity index is 444. The summed E-state index contributed by atoms with van der Waals surface area (Å²) < 4.78 is 0. The number of aliphatic hydroxyl groups excluding tert-OH is 1. The molecular formula is C12H18N4O3. The lowest BCUT2D eigenvalue weighted by molar-refractivity contribution is -0.384. The maximum Gasteiger partial charge on any atom is 0.310 e. The number of hydrogen-bond donors (Lipinski definition) is 1. The first-order chi connectivity index (χ1) is 9.08. The lowest BCUT2D eigenvalue weighted by Gasteiger charge is -2.36.